The molecule has 0 aliphatic rings. The quantitative estimate of drug-likeness (QED) is 0.789. The maximum Gasteiger partial charge on any atom is 0.233 e. The van der Waals surface area contributed by atoms with E-state index in [1.165, 1.54) is 11.8 Å². The van der Waals surface area contributed by atoms with E-state index in [1.807, 2.05) is 25.1 Å². The number of rotatable bonds is 6. The number of halogens is 2. The molecule has 0 unspecified atom stereocenters. The predicted molar refractivity (Wildman–Crippen MR) is 92.7 cm³/mol. The minimum Gasteiger partial charge on any atom is -0.355 e. The van der Waals surface area contributed by atoms with Crippen molar-refractivity contribution in [2.45, 2.75) is 23.5 Å². The Kier molecular flexibility index (Phi) is 6.55. The van der Waals surface area contributed by atoms with Crippen LogP contribution in [0.2, 0.25) is 10.0 Å². The number of pyridine rings is 1. The van der Waals surface area contributed by atoms with E-state index in [1.54, 1.807) is 24.4 Å². The molecule has 1 N–H and O–H groups in total. The number of amides is 1. The summed E-state index contributed by atoms with van der Waals surface area (Å²) in [6.45, 7) is 2.40. The van der Waals surface area contributed by atoms with Crippen molar-refractivity contribution < 1.29 is 4.79 Å². The number of nitrogens with zero attached hydrogens (tertiary/aromatic N) is 1. The Balaban J connectivity index is 1.83. The highest BCUT2D eigenvalue weighted by molar-refractivity contribution is 8.00. The molecule has 0 saturated heterocycles. The number of carbonyl (C=O) groups excluding carboxylic acids is 1. The molecule has 0 aliphatic carbocycles. The number of nitrogens with one attached hydrogen (secondary N) is 1. The molecule has 0 aliphatic heterocycles. The van der Waals surface area contributed by atoms with Gasteiger partial charge in [0.25, 0.3) is 0 Å². The van der Waals surface area contributed by atoms with Crippen molar-refractivity contribution >= 4 is 40.9 Å². The standard InChI is InChI=1S/C16H16Cl2N2OS/c1-11(22-15-10-12(17)5-6-14(15)18)16(21)20-9-7-13-4-2-3-8-19-13/h2-6,8,10-11H,7,9H2,1H3,(H,20,21)/t11-/m1/s1. The molecule has 1 aromatic carbocycles. The second-order valence-corrected chi connectivity index (χ2v) is 6.92. The summed E-state index contributed by atoms with van der Waals surface area (Å²) in [5, 5.41) is 3.86. The molecule has 1 atom stereocenters. The third-order valence-corrected chi connectivity index (χ3v) is 4.81. The molecule has 1 aromatic heterocycles. The summed E-state index contributed by atoms with van der Waals surface area (Å²) in [5.41, 5.74) is 0.959. The molecule has 1 heterocycles. The van der Waals surface area contributed by atoms with E-state index in [2.05, 4.69) is 10.3 Å². The number of benzene rings is 1. The number of aromatic nitrogens is 1. The fraction of sp³-hybridized carbons (Fsp3) is 0.250. The van der Waals surface area contributed by atoms with E-state index in [0.29, 0.717) is 23.0 Å². The first-order chi connectivity index (χ1) is 10.6. The highest BCUT2D eigenvalue weighted by Gasteiger charge is 2.15. The molecule has 6 heteroatoms. The van der Waals surface area contributed by atoms with E-state index in [0.717, 1.165) is 10.6 Å². The van der Waals surface area contributed by atoms with E-state index < -0.39 is 0 Å². The number of hydrogen-bond acceptors (Lipinski definition) is 3. The largest absolute Gasteiger partial charge is 0.355 e. The van der Waals surface area contributed by atoms with Gasteiger partial charge in [-0.05, 0) is 37.3 Å². The van der Waals surface area contributed by atoms with Gasteiger partial charge in [-0.25, -0.2) is 0 Å². The minimum atomic E-state index is -0.250. The highest BCUT2D eigenvalue weighted by Crippen LogP contribution is 2.32. The molecule has 0 spiro atoms. The van der Waals surface area contributed by atoms with Crippen LogP contribution >= 0.6 is 35.0 Å². The Morgan fingerprint density at radius 3 is 2.86 bits per heavy atom. The summed E-state index contributed by atoms with van der Waals surface area (Å²) in [6.07, 6.45) is 2.46. The van der Waals surface area contributed by atoms with Gasteiger partial charge in [0.05, 0.1) is 10.3 Å². The summed E-state index contributed by atoms with van der Waals surface area (Å²) in [6, 6.07) is 11.0. The first kappa shape index (κ1) is 17.1. The van der Waals surface area contributed by atoms with Crippen LogP contribution in [0, 0.1) is 0 Å². The lowest BCUT2D eigenvalue weighted by Crippen LogP contribution is -2.32. The van der Waals surface area contributed by atoms with Crippen LogP contribution in [-0.4, -0.2) is 22.7 Å². The molecule has 22 heavy (non-hydrogen) atoms. The lowest BCUT2D eigenvalue weighted by molar-refractivity contribution is -0.120. The van der Waals surface area contributed by atoms with Gasteiger partial charge in [0.2, 0.25) is 5.91 Å². The van der Waals surface area contributed by atoms with Crippen LogP contribution in [-0.2, 0) is 11.2 Å². The first-order valence-corrected chi connectivity index (χ1v) is 8.49. The van der Waals surface area contributed by atoms with Gasteiger partial charge >= 0.3 is 0 Å². The monoisotopic (exact) mass is 354 g/mol. The molecule has 2 aromatic rings. The summed E-state index contributed by atoms with van der Waals surface area (Å²) >= 11 is 13.5. The molecule has 0 bridgehead atoms. The Hall–Kier alpha value is -1.23. The van der Waals surface area contributed by atoms with Crippen molar-refractivity contribution in [1.82, 2.24) is 10.3 Å². The SMILES string of the molecule is C[C@@H](Sc1cc(Cl)ccc1Cl)C(=O)NCCc1ccccn1. The molecule has 0 radical (unpaired) electrons. The Morgan fingerprint density at radius 1 is 1.32 bits per heavy atom. The van der Waals surface area contributed by atoms with Crippen molar-refractivity contribution in [2.24, 2.45) is 0 Å². The van der Waals surface area contributed by atoms with Crippen molar-refractivity contribution in [2.75, 3.05) is 6.54 Å². The van der Waals surface area contributed by atoms with Gasteiger partial charge in [-0.15, -0.1) is 11.8 Å². The van der Waals surface area contributed by atoms with E-state index >= 15 is 0 Å². The maximum atomic E-state index is 12.1. The summed E-state index contributed by atoms with van der Waals surface area (Å²) in [7, 11) is 0. The van der Waals surface area contributed by atoms with E-state index in [9.17, 15) is 4.79 Å². The van der Waals surface area contributed by atoms with Gasteiger partial charge < -0.3 is 5.32 Å². The summed E-state index contributed by atoms with van der Waals surface area (Å²) in [5.74, 6) is -0.0306. The molecule has 2 rings (SSSR count). The van der Waals surface area contributed by atoms with Gasteiger partial charge in [-0.1, -0.05) is 29.3 Å². The Bertz CT molecular complexity index is 637. The van der Waals surface area contributed by atoms with Crippen LogP contribution < -0.4 is 5.32 Å². The van der Waals surface area contributed by atoms with Crippen LogP contribution in [0.25, 0.3) is 0 Å². The van der Waals surface area contributed by atoms with Crippen molar-refractivity contribution in [3.8, 4) is 0 Å². The van der Waals surface area contributed by atoms with Crippen molar-refractivity contribution in [1.29, 1.82) is 0 Å². The van der Waals surface area contributed by atoms with Gasteiger partial charge in [0.1, 0.15) is 0 Å². The highest BCUT2D eigenvalue weighted by atomic mass is 35.5. The molecule has 3 nitrogen and oxygen atoms in total. The molecule has 0 saturated carbocycles. The third-order valence-electron chi connectivity index (χ3n) is 2.97. The minimum absolute atomic E-state index is 0.0306. The van der Waals surface area contributed by atoms with Gasteiger partial charge in [0.15, 0.2) is 0 Å². The average molecular weight is 355 g/mol. The molecular formula is C16H16Cl2N2OS. The zero-order valence-electron chi connectivity index (χ0n) is 12.1. The predicted octanol–water partition coefficient (Wildman–Crippen LogP) is 4.23. The number of thioether (sulfide) groups is 1. The summed E-state index contributed by atoms with van der Waals surface area (Å²) < 4.78 is 0. The zero-order chi connectivity index (χ0) is 15.9. The Morgan fingerprint density at radius 2 is 2.14 bits per heavy atom. The van der Waals surface area contributed by atoms with Crippen LogP contribution in [0.4, 0.5) is 0 Å². The lowest BCUT2D eigenvalue weighted by Gasteiger charge is -2.13. The molecule has 0 fully saturated rings. The summed E-state index contributed by atoms with van der Waals surface area (Å²) in [4.78, 5) is 17.1. The van der Waals surface area contributed by atoms with Crippen LogP contribution in [0.5, 0.6) is 0 Å². The van der Waals surface area contributed by atoms with E-state index in [-0.39, 0.29) is 11.2 Å². The number of carbonyl (C=O) groups is 1. The fourth-order valence-electron chi connectivity index (χ4n) is 1.81. The van der Waals surface area contributed by atoms with Crippen LogP contribution in [0.1, 0.15) is 12.6 Å². The van der Waals surface area contributed by atoms with Crippen LogP contribution in [0.3, 0.4) is 0 Å². The Labute approximate surface area is 144 Å². The van der Waals surface area contributed by atoms with Crippen LogP contribution in [0.15, 0.2) is 47.5 Å². The topological polar surface area (TPSA) is 42.0 Å². The number of hydrogen-bond donors (Lipinski definition) is 1. The zero-order valence-corrected chi connectivity index (χ0v) is 14.4. The second kappa shape index (κ2) is 8.42. The molecular weight excluding hydrogens is 339 g/mol. The average Bonchev–Trinajstić information content (AvgIpc) is 2.52. The normalized spacial score (nSPS) is 12.0. The maximum absolute atomic E-state index is 12.1. The van der Waals surface area contributed by atoms with Crippen molar-refractivity contribution in [3.63, 3.8) is 0 Å². The molecule has 1 amide bonds. The fourth-order valence-corrected chi connectivity index (χ4v) is 3.25. The lowest BCUT2D eigenvalue weighted by atomic mass is 10.2. The van der Waals surface area contributed by atoms with E-state index in [4.69, 9.17) is 23.2 Å². The van der Waals surface area contributed by atoms with Gasteiger partial charge in [-0.2, -0.15) is 0 Å². The first-order valence-electron chi connectivity index (χ1n) is 6.85. The van der Waals surface area contributed by atoms with Gasteiger partial charge in [0, 0.05) is 34.8 Å². The second-order valence-electron chi connectivity index (χ2n) is 4.70. The van der Waals surface area contributed by atoms with Crippen molar-refractivity contribution in [3.05, 3.63) is 58.3 Å². The van der Waals surface area contributed by atoms with Gasteiger partial charge in [-0.3, -0.25) is 9.78 Å². The third kappa shape index (κ3) is 5.20. The molecule has 116 valence electrons. The smallest absolute Gasteiger partial charge is 0.233 e.